The number of hydrogen-bond acceptors (Lipinski definition) is 4. The zero-order valence-corrected chi connectivity index (χ0v) is 15.6. The molecule has 0 fully saturated rings. The van der Waals surface area contributed by atoms with Crippen molar-refractivity contribution in [1.82, 2.24) is 5.32 Å². The number of carbonyl (C=O) groups excluding carboxylic acids is 3. The largest absolute Gasteiger partial charge is 0.343 e. The summed E-state index contributed by atoms with van der Waals surface area (Å²) in [5.41, 5.74) is 0.972. The van der Waals surface area contributed by atoms with Crippen LogP contribution in [0.4, 0.5) is 5.69 Å². The first-order valence-electron chi connectivity index (χ1n) is 8.07. The first-order valence-corrected chi connectivity index (χ1v) is 9.26. The van der Waals surface area contributed by atoms with Crippen molar-refractivity contribution in [1.29, 1.82) is 0 Å². The number of halogens is 1. The molecule has 3 rings (SSSR count). The van der Waals surface area contributed by atoms with E-state index >= 15 is 0 Å². The van der Waals surface area contributed by atoms with Crippen LogP contribution < -0.4 is 10.6 Å². The molecule has 0 unspecified atom stereocenters. The van der Waals surface area contributed by atoms with E-state index < -0.39 is 11.8 Å². The Morgan fingerprint density at radius 2 is 1.56 bits per heavy atom. The van der Waals surface area contributed by atoms with Gasteiger partial charge in [-0.3, -0.25) is 14.4 Å². The minimum Gasteiger partial charge on any atom is -0.343 e. The van der Waals surface area contributed by atoms with Crippen LogP contribution in [0.25, 0.3) is 0 Å². The molecule has 0 saturated carbocycles. The lowest BCUT2D eigenvalue weighted by molar-refractivity contribution is -0.136. The van der Waals surface area contributed by atoms with Gasteiger partial charge in [0.25, 0.3) is 0 Å². The summed E-state index contributed by atoms with van der Waals surface area (Å²) in [6.45, 7) is 0.154. The molecule has 0 atom stereocenters. The highest BCUT2D eigenvalue weighted by atomic mass is 35.5. The third kappa shape index (κ3) is 4.81. The van der Waals surface area contributed by atoms with Gasteiger partial charge < -0.3 is 10.6 Å². The Morgan fingerprint density at radius 3 is 2.30 bits per heavy atom. The van der Waals surface area contributed by atoms with Gasteiger partial charge in [-0.25, -0.2) is 0 Å². The van der Waals surface area contributed by atoms with Crippen molar-refractivity contribution in [2.45, 2.75) is 6.54 Å². The molecule has 0 radical (unpaired) electrons. The lowest BCUT2D eigenvalue weighted by atomic mass is 10.1. The molecule has 2 amide bonds. The minimum absolute atomic E-state index is 0.0744. The van der Waals surface area contributed by atoms with Crippen molar-refractivity contribution in [2.24, 2.45) is 0 Å². The predicted molar refractivity (Wildman–Crippen MR) is 106 cm³/mol. The minimum atomic E-state index is -0.805. The van der Waals surface area contributed by atoms with Gasteiger partial charge in [0.1, 0.15) is 0 Å². The fourth-order valence-electron chi connectivity index (χ4n) is 2.32. The quantitative estimate of drug-likeness (QED) is 0.505. The van der Waals surface area contributed by atoms with Crippen molar-refractivity contribution in [3.63, 3.8) is 0 Å². The topological polar surface area (TPSA) is 75.3 Å². The van der Waals surface area contributed by atoms with E-state index in [0.717, 1.165) is 4.88 Å². The standard InChI is InChI=1S/C20H15ClN2O3S/c21-15-8-4-5-9-16(15)23-20(26)19(25)22-12-14-10-11-17(27-14)18(24)13-6-2-1-3-7-13/h1-11H,12H2,(H,22,25)(H,23,26). The Hall–Kier alpha value is -2.96. The molecule has 0 bridgehead atoms. The van der Waals surface area contributed by atoms with Crippen LogP contribution in [0.2, 0.25) is 5.02 Å². The van der Waals surface area contributed by atoms with E-state index in [1.165, 1.54) is 11.3 Å². The van der Waals surface area contributed by atoms with Crippen LogP contribution in [-0.2, 0) is 16.1 Å². The van der Waals surface area contributed by atoms with Gasteiger partial charge in [0.2, 0.25) is 5.78 Å². The summed E-state index contributed by atoms with van der Waals surface area (Å²) in [5, 5.41) is 5.34. The number of anilines is 1. The lowest BCUT2D eigenvalue weighted by Crippen LogP contribution is -2.34. The molecule has 2 aromatic carbocycles. The van der Waals surface area contributed by atoms with Crippen LogP contribution >= 0.6 is 22.9 Å². The molecule has 7 heteroatoms. The van der Waals surface area contributed by atoms with Gasteiger partial charge in [-0.1, -0.05) is 54.1 Å². The molecule has 0 aliphatic heterocycles. The molecular weight excluding hydrogens is 384 g/mol. The van der Waals surface area contributed by atoms with Gasteiger partial charge in [0.05, 0.1) is 22.1 Å². The average molecular weight is 399 g/mol. The van der Waals surface area contributed by atoms with Crippen molar-refractivity contribution in [3.05, 3.63) is 87.1 Å². The van der Waals surface area contributed by atoms with Gasteiger partial charge in [0.15, 0.2) is 0 Å². The van der Waals surface area contributed by atoms with Gasteiger partial charge >= 0.3 is 11.8 Å². The number of carbonyl (C=O) groups is 3. The monoisotopic (exact) mass is 398 g/mol. The van der Waals surface area contributed by atoms with Crippen molar-refractivity contribution in [2.75, 3.05) is 5.32 Å². The number of ketones is 1. The van der Waals surface area contributed by atoms with E-state index in [4.69, 9.17) is 11.6 Å². The van der Waals surface area contributed by atoms with E-state index in [1.54, 1.807) is 60.7 Å². The van der Waals surface area contributed by atoms with Crippen molar-refractivity contribution >= 4 is 46.2 Å². The van der Waals surface area contributed by atoms with Gasteiger partial charge in [-0.2, -0.15) is 0 Å². The van der Waals surface area contributed by atoms with Crippen LogP contribution in [0.5, 0.6) is 0 Å². The van der Waals surface area contributed by atoms with Crippen molar-refractivity contribution < 1.29 is 14.4 Å². The molecule has 0 aliphatic rings. The van der Waals surface area contributed by atoms with Crippen LogP contribution in [0.15, 0.2) is 66.7 Å². The third-order valence-corrected chi connectivity index (χ3v) is 5.09. The smallest absolute Gasteiger partial charge is 0.313 e. The summed E-state index contributed by atoms with van der Waals surface area (Å²) in [6.07, 6.45) is 0. The number of para-hydroxylation sites is 1. The Kier molecular flexibility index (Phi) is 6.01. The first-order chi connectivity index (χ1) is 13.0. The molecule has 136 valence electrons. The maximum Gasteiger partial charge on any atom is 0.313 e. The zero-order valence-electron chi connectivity index (χ0n) is 14.1. The normalized spacial score (nSPS) is 10.3. The van der Waals surface area contributed by atoms with Crippen LogP contribution in [0.1, 0.15) is 20.1 Å². The summed E-state index contributed by atoms with van der Waals surface area (Å²) in [7, 11) is 0. The van der Waals surface area contributed by atoms with Gasteiger partial charge in [0, 0.05) is 10.4 Å². The van der Waals surface area contributed by atoms with Crippen LogP contribution in [-0.4, -0.2) is 17.6 Å². The number of benzene rings is 2. The molecule has 27 heavy (non-hydrogen) atoms. The summed E-state index contributed by atoms with van der Waals surface area (Å²) in [4.78, 5) is 37.7. The number of amides is 2. The number of thiophene rings is 1. The SMILES string of the molecule is O=C(NCc1ccc(C(=O)c2ccccc2)s1)C(=O)Nc1ccccc1Cl. The second-order valence-electron chi connectivity index (χ2n) is 5.58. The van der Waals surface area contributed by atoms with E-state index in [0.29, 0.717) is 21.2 Å². The first kappa shape index (κ1) is 18.8. The van der Waals surface area contributed by atoms with Crippen LogP contribution in [0.3, 0.4) is 0 Å². The Bertz CT molecular complexity index is 986. The molecule has 3 aromatic rings. The maximum atomic E-state index is 12.4. The van der Waals surface area contributed by atoms with E-state index in [9.17, 15) is 14.4 Å². The van der Waals surface area contributed by atoms with E-state index in [1.807, 2.05) is 6.07 Å². The van der Waals surface area contributed by atoms with Crippen molar-refractivity contribution in [3.8, 4) is 0 Å². The predicted octanol–water partition coefficient (Wildman–Crippen LogP) is 3.89. The highest BCUT2D eigenvalue weighted by Crippen LogP contribution is 2.21. The van der Waals surface area contributed by atoms with Gasteiger partial charge in [-0.05, 0) is 24.3 Å². The number of hydrogen-bond donors (Lipinski definition) is 2. The molecule has 1 heterocycles. The molecule has 0 spiro atoms. The highest BCUT2D eigenvalue weighted by Gasteiger charge is 2.16. The zero-order chi connectivity index (χ0) is 19.2. The Balaban J connectivity index is 1.56. The molecule has 1 aromatic heterocycles. The molecule has 0 saturated heterocycles. The van der Waals surface area contributed by atoms with E-state index in [-0.39, 0.29) is 12.3 Å². The maximum absolute atomic E-state index is 12.4. The number of rotatable bonds is 5. The van der Waals surface area contributed by atoms with E-state index in [2.05, 4.69) is 10.6 Å². The summed E-state index contributed by atoms with van der Waals surface area (Å²) >= 11 is 7.23. The third-order valence-electron chi connectivity index (χ3n) is 3.67. The Morgan fingerprint density at radius 1 is 0.852 bits per heavy atom. The fourth-order valence-corrected chi connectivity index (χ4v) is 3.41. The van der Waals surface area contributed by atoms with Crippen LogP contribution in [0, 0.1) is 0 Å². The van der Waals surface area contributed by atoms with Gasteiger partial charge in [-0.15, -0.1) is 11.3 Å². The summed E-state index contributed by atoms with van der Waals surface area (Å²) < 4.78 is 0. The fraction of sp³-hybridized carbons (Fsp3) is 0.0500. The highest BCUT2D eigenvalue weighted by molar-refractivity contribution is 7.14. The summed E-state index contributed by atoms with van der Waals surface area (Å²) in [5.74, 6) is -1.66. The Labute approximate surface area is 165 Å². The molecule has 5 nitrogen and oxygen atoms in total. The summed E-state index contributed by atoms with van der Waals surface area (Å²) in [6, 6.07) is 19.1. The second kappa shape index (κ2) is 8.62. The second-order valence-corrected chi connectivity index (χ2v) is 7.15. The average Bonchev–Trinajstić information content (AvgIpc) is 3.17. The lowest BCUT2D eigenvalue weighted by Gasteiger charge is -2.07. The number of nitrogens with one attached hydrogen (secondary N) is 2. The molecule has 2 N–H and O–H groups in total. The molecular formula is C20H15ClN2O3S. The molecule has 0 aliphatic carbocycles.